The molecule has 2 saturated heterocycles. The molecule has 3 aliphatic rings. The van der Waals surface area contributed by atoms with Gasteiger partial charge in [0.15, 0.2) is 0 Å². The normalized spacial score (nSPS) is 37.0. The molecular formula is C21H32O7. The van der Waals surface area contributed by atoms with Crippen molar-refractivity contribution in [1.82, 2.24) is 0 Å². The Kier molecular flexibility index (Phi) is 6.32. The molecule has 0 aromatic carbocycles. The number of carbonyl (C=O) groups is 3. The van der Waals surface area contributed by atoms with Gasteiger partial charge in [0.05, 0.1) is 30.7 Å². The van der Waals surface area contributed by atoms with Crippen molar-refractivity contribution >= 4 is 18.1 Å². The summed E-state index contributed by atoms with van der Waals surface area (Å²) in [6.45, 7) is 8.17. The molecule has 7 nitrogen and oxygen atoms in total. The summed E-state index contributed by atoms with van der Waals surface area (Å²) in [7, 11) is 0. The van der Waals surface area contributed by atoms with Crippen molar-refractivity contribution < 1.29 is 33.3 Å². The zero-order valence-electron chi connectivity index (χ0n) is 17.3. The fourth-order valence-electron chi connectivity index (χ4n) is 4.90. The van der Waals surface area contributed by atoms with E-state index >= 15 is 0 Å². The highest BCUT2D eigenvalue weighted by Gasteiger charge is 2.58. The second kappa shape index (κ2) is 8.39. The van der Waals surface area contributed by atoms with Gasteiger partial charge in [-0.2, -0.15) is 0 Å². The maximum atomic E-state index is 13.0. The van der Waals surface area contributed by atoms with Gasteiger partial charge in [0, 0.05) is 0 Å². The van der Waals surface area contributed by atoms with Crippen molar-refractivity contribution in [2.75, 3.05) is 6.61 Å². The van der Waals surface area contributed by atoms with E-state index in [9.17, 15) is 14.4 Å². The van der Waals surface area contributed by atoms with E-state index in [4.69, 9.17) is 14.2 Å². The third kappa shape index (κ3) is 4.34. The van der Waals surface area contributed by atoms with Gasteiger partial charge in [-0.1, -0.05) is 13.8 Å². The van der Waals surface area contributed by atoms with E-state index in [-0.39, 0.29) is 12.7 Å². The lowest BCUT2D eigenvalue weighted by molar-refractivity contribution is -0.174. The van der Waals surface area contributed by atoms with Crippen LogP contribution in [0.3, 0.4) is 0 Å². The van der Waals surface area contributed by atoms with Gasteiger partial charge in [0.2, 0.25) is 0 Å². The molecule has 0 aromatic rings. The van der Waals surface area contributed by atoms with Crippen LogP contribution < -0.4 is 0 Å². The molecule has 158 valence electrons. The number of ether oxygens (including phenoxy) is 4. The smallest absolute Gasteiger partial charge is 0.459 e. The third-order valence-electron chi connectivity index (χ3n) is 6.64. The standard InChI is InChI=1S/C21H32O7/c1-5-25-20(24)27-18(22)16-14-6-7-15(26-14)17(16)19(23)28-21(4)10-8-13(9-11-21)12(2)3/h12-17H,5-11H2,1-4H3. The molecule has 2 bridgehead atoms. The molecule has 1 saturated carbocycles. The van der Waals surface area contributed by atoms with E-state index in [1.807, 2.05) is 6.92 Å². The zero-order valence-corrected chi connectivity index (χ0v) is 17.3. The fraction of sp³-hybridized carbons (Fsp3) is 0.857. The molecule has 2 aliphatic heterocycles. The summed E-state index contributed by atoms with van der Waals surface area (Å²) in [6.07, 6.45) is 3.28. The highest BCUT2D eigenvalue weighted by Crippen LogP contribution is 2.46. The summed E-state index contributed by atoms with van der Waals surface area (Å²) in [5.41, 5.74) is -0.514. The molecule has 4 atom stereocenters. The minimum atomic E-state index is -1.04. The average Bonchev–Trinajstić information content (AvgIpc) is 3.23. The molecule has 28 heavy (non-hydrogen) atoms. The largest absolute Gasteiger partial charge is 0.516 e. The van der Waals surface area contributed by atoms with Crippen molar-refractivity contribution in [1.29, 1.82) is 0 Å². The van der Waals surface area contributed by atoms with Crippen LogP contribution in [0.5, 0.6) is 0 Å². The maximum absolute atomic E-state index is 13.0. The molecule has 2 heterocycles. The average molecular weight is 396 g/mol. The molecule has 3 rings (SSSR count). The highest BCUT2D eigenvalue weighted by molar-refractivity contribution is 5.89. The van der Waals surface area contributed by atoms with Crippen LogP contribution in [0.2, 0.25) is 0 Å². The van der Waals surface area contributed by atoms with Gasteiger partial charge in [0.25, 0.3) is 0 Å². The first kappa shape index (κ1) is 21.1. The quantitative estimate of drug-likeness (QED) is 0.518. The van der Waals surface area contributed by atoms with E-state index in [2.05, 4.69) is 18.6 Å². The summed E-state index contributed by atoms with van der Waals surface area (Å²) in [5, 5.41) is 0. The predicted octanol–water partition coefficient (Wildman–Crippen LogP) is 3.63. The Balaban J connectivity index is 1.64. The molecule has 0 aromatic heterocycles. The van der Waals surface area contributed by atoms with Crippen LogP contribution in [0.25, 0.3) is 0 Å². The Morgan fingerprint density at radius 2 is 1.57 bits per heavy atom. The minimum Gasteiger partial charge on any atom is -0.459 e. The van der Waals surface area contributed by atoms with Gasteiger partial charge in [-0.25, -0.2) is 4.79 Å². The second-order valence-corrected chi connectivity index (χ2v) is 8.90. The van der Waals surface area contributed by atoms with Crippen LogP contribution in [-0.2, 0) is 28.5 Å². The number of hydrogen-bond donors (Lipinski definition) is 0. The summed E-state index contributed by atoms with van der Waals surface area (Å²) in [6, 6.07) is 0. The third-order valence-corrected chi connectivity index (χ3v) is 6.64. The van der Waals surface area contributed by atoms with E-state index in [1.165, 1.54) is 0 Å². The van der Waals surface area contributed by atoms with Crippen LogP contribution >= 0.6 is 0 Å². The van der Waals surface area contributed by atoms with Crippen molar-refractivity contribution in [3.05, 3.63) is 0 Å². The zero-order chi connectivity index (χ0) is 20.5. The van der Waals surface area contributed by atoms with Crippen LogP contribution in [0.15, 0.2) is 0 Å². The Bertz CT molecular complexity index is 606. The van der Waals surface area contributed by atoms with Gasteiger partial charge in [-0.3, -0.25) is 9.59 Å². The lowest BCUT2D eigenvalue weighted by Crippen LogP contribution is -2.45. The van der Waals surface area contributed by atoms with Gasteiger partial charge < -0.3 is 18.9 Å². The summed E-state index contributed by atoms with van der Waals surface area (Å²) >= 11 is 0. The second-order valence-electron chi connectivity index (χ2n) is 8.90. The Morgan fingerprint density at radius 1 is 1.00 bits per heavy atom. The summed E-state index contributed by atoms with van der Waals surface area (Å²) < 4.78 is 21.2. The molecule has 7 heteroatoms. The van der Waals surface area contributed by atoms with E-state index < -0.39 is 41.6 Å². The number of esters is 2. The molecule has 0 N–H and O–H groups in total. The summed E-state index contributed by atoms with van der Waals surface area (Å²) in [4.78, 5) is 37.1. The molecule has 0 radical (unpaired) electrons. The van der Waals surface area contributed by atoms with Gasteiger partial charge in [-0.15, -0.1) is 0 Å². The van der Waals surface area contributed by atoms with E-state index in [1.54, 1.807) is 6.92 Å². The number of fused-ring (bicyclic) bond motifs is 2. The van der Waals surface area contributed by atoms with Crippen LogP contribution in [0.1, 0.15) is 66.2 Å². The van der Waals surface area contributed by atoms with E-state index in [0.29, 0.717) is 24.7 Å². The summed E-state index contributed by atoms with van der Waals surface area (Å²) in [5.74, 6) is -1.43. The molecular weight excluding hydrogens is 364 g/mol. The fourth-order valence-corrected chi connectivity index (χ4v) is 4.90. The topological polar surface area (TPSA) is 88.1 Å². The minimum absolute atomic E-state index is 0.112. The van der Waals surface area contributed by atoms with Crippen molar-refractivity contribution in [2.45, 2.75) is 84.0 Å². The van der Waals surface area contributed by atoms with Crippen molar-refractivity contribution in [2.24, 2.45) is 23.7 Å². The molecule has 1 aliphatic carbocycles. The molecule has 0 spiro atoms. The van der Waals surface area contributed by atoms with Crippen molar-refractivity contribution in [3.8, 4) is 0 Å². The van der Waals surface area contributed by atoms with Gasteiger partial charge in [-0.05, 0) is 64.2 Å². The molecule has 3 fully saturated rings. The van der Waals surface area contributed by atoms with Gasteiger partial charge >= 0.3 is 18.1 Å². The van der Waals surface area contributed by atoms with Gasteiger partial charge in [0.1, 0.15) is 5.60 Å². The molecule has 0 amide bonds. The Hall–Kier alpha value is -1.63. The highest BCUT2D eigenvalue weighted by atomic mass is 16.7. The number of rotatable bonds is 5. The van der Waals surface area contributed by atoms with Crippen molar-refractivity contribution in [3.63, 3.8) is 0 Å². The predicted molar refractivity (Wildman–Crippen MR) is 99.3 cm³/mol. The van der Waals surface area contributed by atoms with Crippen LogP contribution in [-0.4, -0.2) is 42.5 Å². The Morgan fingerprint density at radius 3 is 2.11 bits per heavy atom. The molecule has 4 unspecified atom stereocenters. The van der Waals surface area contributed by atoms with Crippen LogP contribution in [0.4, 0.5) is 4.79 Å². The lowest BCUT2D eigenvalue weighted by Gasteiger charge is -2.39. The van der Waals surface area contributed by atoms with Crippen LogP contribution in [0, 0.1) is 23.7 Å². The first-order valence-electron chi connectivity index (χ1n) is 10.5. The number of hydrogen-bond acceptors (Lipinski definition) is 7. The monoisotopic (exact) mass is 396 g/mol. The lowest BCUT2D eigenvalue weighted by atomic mass is 9.75. The number of carbonyl (C=O) groups excluding carboxylic acids is 3. The Labute approximate surface area is 166 Å². The maximum Gasteiger partial charge on any atom is 0.516 e. The first-order valence-corrected chi connectivity index (χ1v) is 10.5. The first-order chi connectivity index (χ1) is 13.2. The SMILES string of the molecule is CCOC(=O)OC(=O)C1C2CCC(O2)C1C(=O)OC1(C)CCC(C(C)C)CC1. The van der Waals surface area contributed by atoms with E-state index in [0.717, 1.165) is 25.7 Å².